The predicted molar refractivity (Wildman–Crippen MR) is 87.4 cm³/mol. The fourth-order valence-electron chi connectivity index (χ4n) is 3.34. The summed E-state index contributed by atoms with van der Waals surface area (Å²) < 4.78 is 1.63. The van der Waals surface area contributed by atoms with Gasteiger partial charge in [0.05, 0.1) is 0 Å². The van der Waals surface area contributed by atoms with Crippen LogP contribution in [0.2, 0.25) is 0 Å². The van der Waals surface area contributed by atoms with Crippen LogP contribution in [0.25, 0.3) is 0 Å². The van der Waals surface area contributed by atoms with Gasteiger partial charge in [-0.15, -0.1) is 0 Å². The molecule has 5 nitrogen and oxygen atoms in total. The van der Waals surface area contributed by atoms with E-state index in [9.17, 15) is 9.59 Å². The Morgan fingerprint density at radius 3 is 2.91 bits per heavy atom. The van der Waals surface area contributed by atoms with E-state index in [2.05, 4.69) is 25.8 Å². The van der Waals surface area contributed by atoms with Crippen molar-refractivity contribution in [1.29, 1.82) is 0 Å². The average molecular weight is 321 g/mol. The predicted octanol–water partition coefficient (Wildman–Crippen LogP) is 2.39. The summed E-state index contributed by atoms with van der Waals surface area (Å²) in [6.07, 6.45) is 4.48. The second-order valence-corrected chi connectivity index (χ2v) is 8.38. The van der Waals surface area contributed by atoms with E-state index >= 15 is 0 Å². The molecule has 2 aliphatic rings. The zero-order valence-electron chi connectivity index (χ0n) is 13.5. The highest BCUT2D eigenvalue weighted by atomic mass is 32.2. The van der Waals surface area contributed by atoms with Crippen LogP contribution in [0, 0.1) is 5.41 Å². The van der Waals surface area contributed by atoms with E-state index in [0.29, 0.717) is 6.54 Å². The van der Waals surface area contributed by atoms with Crippen molar-refractivity contribution in [2.24, 2.45) is 5.41 Å². The van der Waals surface area contributed by atoms with Gasteiger partial charge in [-0.05, 0) is 24.7 Å². The van der Waals surface area contributed by atoms with Crippen LogP contribution >= 0.6 is 11.8 Å². The lowest BCUT2D eigenvalue weighted by Gasteiger charge is -2.30. The Morgan fingerprint density at radius 2 is 2.18 bits per heavy atom. The number of fused-ring (bicyclic) bond motifs is 1. The fourth-order valence-corrected chi connectivity index (χ4v) is 4.25. The zero-order valence-corrected chi connectivity index (χ0v) is 14.3. The third-order valence-electron chi connectivity index (χ3n) is 4.27. The summed E-state index contributed by atoms with van der Waals surface area (Å²) in [5.41, 5.74) is 0.226. The van der Waals surface area contributed by atoms with Crippen LogP contribution in [0.3, 0.4) is 0 Å². The molecule has 1 fully saturated rings. The lowest BCUT2D eigenvalue weighted by molar-refractivity contribution is 0.0700. The number of hydrogen-bond acceptors (Lipinski definition) is 4. The molecular weight excluding hydrogens is 298 g/mol. The minimum atomic E-state index is -0.179. The molecule has 0 spiro atoms. The minimum absolute atomic E-state index is 0.142. The molecule has 2 aliphatic heterocycles. The Balaban J connectivity index is 1.86. The van der Waals surface area contributed by atoms with Crippen LogP contribution in [-0.4, -0.2) is 38.7 Å². The maximum absolute atomic E-state index is 12.8. The SMILES string of the molecule is CC(C)(C)CC1CCCN1C(=O)c1cnc2n(c1=O)CCS2. The van der Waals surface area contributed by atoms with Crippen molar-refractivity contribution >= 4 is 17.7 Å². The van der Waals surface area contributed by atoms with Gasteiger partial charge in [-0.2, -0.15) is 0 Å². The molecule has 1 amide bonds. The number of likely N-dealkylation sites (tertiary alicyclic amines) is 1. The first kappa shape index (κ1) is 15.6. The summed E-state index contributed by atoms with van der Waals surface area (Å²) >= 11 is 1.57. The molecule has 3 rings (SSSR count). The second-order valence-electron chi connectivity index (χ2n) is 7.32. The van der Waals surface area contributed by atoms with Crippen molar-refractivity contribution in [2.45, 2.75) is 57.8 Å². The maximum Gasteiger partial charge on any atom is 0.267 e. The molecule has 0 N–H and O–H groups in total. The minimum Gasteiger partial charge on any atom is -0.335 e. The summed E-state index contributed by atoms with van der Waals surface area (Å²) in [4.78, 5) is 31.5. The van der Waals surface area contributed by atoms with E-state index in [1.54, 1.807) is 16.3 Å². The van der Waals surface area contributed by atoms with Crippen LogP contribution < -0.4 is 5.56 Å². The molecule has 1 saturated heterocycles. The van der Waals surface area contributed by atoms with Gasteiger partial charge in [0, 0.05) is 31.1 Å². The number of hydrogen-bond donors (Lipinski definition) is 0. The van der Waals surface area contributed by atoms with E-state index in [-0.39, 0.29) is 28.5 Å². The number of rotatable bonds is 2. The molecule has 0 saturated carbocycles. The smallest absolute Gasteiger partial charge is 0.267 e. The van der Waals surface area contributed by atoms with Crippen LogP contribution in [0.5, 0.6) is 0 Å². The van der Waals surface area contributed by atoms with Gasteiger partial charge < -0.3 is 4.90 Å². The van der Waals surface area contributed by atoms with Crippen molar-refractivity contribution in [3.63, 3.8) is 0 Å². The lowest BCUT2D eigenvalue weighted by atomic mass is 9.87. The first-order valence-electron chi connectivity index (χ1n) is 7.90. The van der Waals surface area contributed by atoms with Crippen molar-refractivity contribution in [2.75, 3.05) is 12.3 Å². The van der Waals surface area contributed by atoms with Gasteiger partial charge in [0.25, 0.3) is 11.5 Å². The van der Waals surface area contributed by atoms with Gasteiger partial charge in [0.1, 0.15) is 5.56 Å². The van der Waals surface area contributed by atoms with E-state index in [4.69, 9.17) is 0 Å². The molecule has 0 bridgehead atoms. The Bertz CT molecular complexity index is 648. The van der Waals surface area contributed by atoms with E-state index in [1.165, 1.54) is 6.20 Å². The Hall–Kier alpha value is -1.30. The van der Waals surface area contributed by atoms with Crippen molar-refractivity contribution in [1.82, 2.24) is 14.5 Å². The molecule has 120 valence electrons. The summed E-state index contributed by atoms with van der Waals surface area (Å²) in [7, 11) is 0. The highest BCUT2D eigenvalue weighted by molar-refractivity contribution is 7.99. The largest absolute Gasteiger partial charge is 0.335 e. The van der Waals surface area contributed by atoms with Crippen LogP contribution in [0.15, 0.2) is 16.1 Å². The molecule has 22 heavy (non-hydrogen) atoms. The van der Waals surface area contributed by atoms with Crippen LogP contribution in [0.1, 0.15) is 50.4 Å². The molecular formula is C16H23N3O2S. The highest BCUT2D eigenvalue weighted by Gasteiger charge is 2.34. The fraction of sp³-hybridized carbons (Fsp3) is 0.688. The normalized spacial score (nSPS) is 21.2. The van der Waals surface area contributed by atoms with Crippen molar-refractivity contribution in [3.8, 4) is 0 Å². The summed E-state index contributed by atoms with van der Waals surface area (Å²) in [6.45, 7) is 7.97. The number of carbonyl (C=O) groups excluding carboxylic acids is 1. The number of thioether (sulfide) groups is 1. The Morgan fingerprint density at radius 1 is 1.41 bits per heavy atom. The number of nitrogens with zero attached hydrogens (tertiary/aromatic N) is 3. The number of carbonyl (C=O) groups is 1. The average Bonchev–Trinajstić information content (AvgIpc) is 3.05. The second kappa shape index (κ2) is 5.72. The third kappa shape index (κ3) is 2.93. The molecule has 0 radical (unpaired) electrons. The van der Waals surface area contributed by atoms with Gasteiger partial charge in [-0.25, -0.2) is 4.98 Å². The van der Waals surface area contributed by atoms with Crippen LogP contribution in [0.4, 0.5) is 0 Å². The first-order chi connectivity index (χ1) is 10.4. The summed E-state index contributed by atoms with van der Waals surface area (Å²) in [5.74, 6) is 0.715. The van der Waals surface area contributed by atoms with Crippen LogP contribution in [-0.2, 0) is 6.54 Å². The zero-order chi connectivity index (χ0) is 15.9. The molecule has 1 aromatic rings. The Labute approximate surface area is 135 Å². The molecule has 3 heterocycles. The standard InChI is InChI=1S/C16H23N3O2S/c1-16(2,3)9-11-5-4-6-18(11)13(20)12-10-17-15-19(14(12)21)7-8-22-15/h10-11H,4-9H2,1-3H3. The monoisotopic (exact) mass is 321 g/mol. The van der Waals surface area contributed by atoms with E-state index in [1.807, 2.05) is 4.90 Å². The lowest BCUT2D eigenvalue weighted by Crippen LogP contribution is -2.41. The summed E-state index contributed by atoms with van der Waals surface area (Å²) in [6, 6.07) is 0.236. The van der Waals surface area contributed by atoms with Crippen molar-refractivity contribution in [3.05, 3.63) is 22.1 Å². The number of amides is 1. The van der Waals surface area contributed by atoms with Gasteiger partial charge in [-0.1, -0.05) is 32.5 Å². The maximum atomic E-state index is 12.8. The molecule has 1 aromatic heterocycles. The molecule has 0 aliphatic carbocycles. The van der Waals surface area contributed by atoms with Gasteiger partial charge >= 0.3 is 0 Å². The van der Waals surface area contributed by atoms with E-state index in [0.717, 1.165) is 36.7 Å². The van der Waals surface area contributed by atoms with Gasteiger partial charge in [-0.3, -0.25) is 14.2 Å². The third-order valence-corrected chi connectivity index (χ3v) is 5.24. The molecule has 1 unspecified atom stereocenters. The first-order valence-corrected chi connectivity index (χ1v) is 8.89. The number of aromatic nitrogens is 2. The topological polar surface area (TPSA) is 55.2 Å². The molecule has 6 heteroatoms. The highest BCUT2D eigenvalue weighted by Crippen LogP contribution is 2.30. The quantitative estimate of drug-likeness (QED) is 0.785. The molecule has 1 atom stereocenters. The van der Waals surface area contributed by atoms with Crippen molar-refractivity contribution < 1.29 is 4.79 Å². The van der Waals surface area contributed by atoms with E-state index < -0.39 is 0 Å². The Kier molecular flexibility index (Phi) is 4.05. The molecule has 0 aromatic carbocycles. The summed E-state index contributed by atoms with van der Waals surface area (Å²) in [5, 5.41) is 0.731. The van der Waals surface area contributed by atoms with Gasteiger partial charge in [0.15, 0.2) is 5.16 Å². The van der Waals surface area contributed by atoms with Gasteiger partial charge in [0.2, 0.25) is 0 Å².